The van der Waals surface area contributed by atoms with E-state index in [1.165, 1.54) is 30.1 Å². The Morgan fingerprint density at radius 3 is 2.11 bits per heavy atom. The molecule has 0 unspecified atom stereocenters. The molecule has 0 aliphatic carbocycles. The van der Waals surface area contributed by atoms with E-state index in [9.17, 15) is 18.0 Å². The van der Waals surface area contributed by atoms with Gasteiger partial charge < -0.3 is 10.2 Å². The Labute approximate surface area is 215 Å². The maximum Gasteiger partial charge on any atom is 0.264 e. The average Bonchev–Trinajstić information content (AvgIpc) is 2.86. The van der Waals surface area contributed by atoms with Crippen LogP contribution in [0.1, 0.15) is 12.5 Å². The molecule has 7 nitrogen and oxygen atoms in total. The number of anilines is 1. The Kier molecular flexibility index (Phi) is 8.77. The van der Waals surface area contributed by atoms with E-state index in [1.807, 2.05) is 0 Å². The van der Waals surface area contributed by atoms with Gasteiger partial charge in [0.05, 0.1) is 15.6 Å². The molecule has 0 aromatic heterocycles. The van der Waals surface area contributed by atoms with Crippen molar-refractivity contribution in [3.63, 3.8) is 0 Å². The monoisotopic (exact) mass is 533 g/mol. The first kappa shape index (κ1) is 26.5. The lowest BCUT2D eigenvalue weighted by Gasteiger charge is -2.32. The molecule has 1 N–H and O–H groups in total. The first-order valence-corrected chi connectivity index (χ1v) is 12.9. The summed E-state index contributed by atoms with van der Waals surface area (Å²) in [6.45, 7) is 1.10. The van der Waals surface area contributed by atoms with Gasteiger partial charge in [-0.1, -0.05) is 65.7 Å². The third kappa shape index (κ3) is 6.33. The van der Waals surface area contributed by atoms with E-state index in [-0.39, 0.29) is 28.1 Å². The van der Waals surface area contributed by atoms with Crippen molar-refractivity contribution in [2.45, 2.75) is 24.4 Å². The predicted molar refractivity (Wildman–Crippen MR) is 138 cm³/mol. The number of nitrogens with one attached hydrogen (secondary N) is 1. The van der Waals surface area contributed by atoms with Crippen LogP contribution in [0.5, 0.6) is 0 Å². The van der Waals surface area contributed by atoms with Gasteiger partial charge in [0.25, 0.3) is 10.0 Å². The number of halogens is 2. The number of likely N-dealkylation sites (N-methyl/N-ethyl adjacent to an activating group) is 1. The number of benzene rings is 3. The number of hydrogen-bond donors (Lipinski definition) is 1. The molecule has 3 aromatic rings. The summed E-state index contributed by atoms with van der Waals surface area (Å²) >= 11 is 12.3. The summed E-state index contributed by atoms with van der Waals surface area (Å²) in [6.07, 6.45) is 0. The second-order valence-corrected chi connectivity index (χ2v) is 10.4. The van der Waals surface area contributed by atoms with E-state index in [1.54, 1.807) is 67.6 Å². The zero-order chi connectivity index (χ0) is 25.6. The fraction of sp³-hybridized carbons (Fsp3) is 0.200. The number of amides is 2. The molecule has 0 aliphatic heterocycles. The molecule has 0 heterocycles. The molecule has 3 rings (SSSR count). The highest BCUT2D eigenvalue weighted by Crippen LogP contribution is 2.30. The van der Waals surface area contributed by atoms with Crippen molar-refractivity contribution in [3.8, 4) is 0 Å². The van der Waals surface area contributed by atoms with Gasteiger partial charge in [0.2, 0.25) is 11.8 Å². The van der Waals surface area contributed by atoms with Crippen LogP contribution in [0.25, 0.3) is 0 Å². The first-order chi connectivity index (χ1) is 16.6. The van der Waals surface area contributed by atoms with E-state index in [0.717, 1.165) is 9.87 Å². The van der Waals surface area contributed by atoms with E-state index in [2.05, 4.69) is 5.32 Å². The van der Waals surface area contributed by atoms with Crippen LogP contribution in [0.3, 0.4) is 0 Å². The van der Waals surface area contributed by atoms with Gasteiger partial charge >= 0.3 is 0 Å². The van der Waals surface area contributed by atoms with Crippen LogP contribution in [-0.4, -0.2) is 44.8 Å². The fourth-order valence-corrected chi connectivity index (χ4v) is 5.33. The van der Waals surface area contributed by atoms with Gasteiger partial charge in [-0.25, -0.2) is 8.42 Å². The zero-order valence-electron chi connectivity index (χ0n) is 19.2. The number of sulfonamides is 1. The largest absolute Gasteiger partial charge is 0.357 e. The minimum Gasteiger partial charge on any atom is -0.357 e. The topological polar surface area (TPSA) is 86.8 Å². The van der Waals surface area contributed by atoms with Crippen LogP contribution in [-0.2, 0) is 26.2 Å². The second-order valence-electron chi connectivity index (χ2n) is 7.71. The van der Waals surface area contributed by atoms with E-state index in [4.69, 9.17) is 23.2 Å². The molecule has 0 spiro atoms. The van der Waals surface area contributed by atoms with Gasteiger partial charge in [0.15, 0.2) is 0 Å². The van der Waals surface area contributed by atoms with Crippen LogP contribution >= 0.6 is 23.2 Å². The molecular formula is C25H25Cl2N3O4S. The second kappa shape index (κ2) is 11.6. The summed E-state index contributed by atoms with van der Waals surface area (Å²) in [5.74, 6) is -0.960. The molecule has 0 saturated heterocycles. The molecule has 1 atom stereocenters. The number of carbonyl (C=O) groups is 2. The standard InChI is InChI=1S/C25H25Cl2N3O4S/c1-18(25(32)28-2)29(16-19-12-14-20(26)15-13-19)24(31)17-30(23-11-7-6-10-22(23)27)35(33,34)21-8-4-3-5-9-21/h3-15,18H,16-17H2,1-2H3,(H,28,32)/t18-/m0/s1. The lowest BCUT2D eigenvalue weighted by Crippen LogP contribution is -2.50. The summed E-state index contributed by atoms with van der Waals surface area (Å²) < 4.78 is 28.2. The number of rotatable bonds is 9. The number of hydrogen-bond acceptors (Lipinski definition) is 4. The average molecular weight is 534 g/mol. The highest BCUT2D eigenvalue weighted by molar-refractivity contribution is 7.92. The van der Waals surface area contributed by atoms with E-state index in [0.29, 0.717) is 5.02 Å². The van der Waals surface area contributed by atoms with Gasteiger partial charge in [-0.2, -0.15) is 0 Å². The fourth-order valence-electron chi connectivity index (χ4n) is 3.47. The van der Waals surface area contributed by atoms with Crippen molar-refractivity contribution in [2.75, 3.05) is 17.9 Å². The Morgan fingerprint density at radius 2 is 1.51 bits per heavy atom. The van der Waals surface area contributed by atoms with Crippen LogP contribution in [0.15, 0.2) is 83.8 Å². The Balaban J connectivity index is 2.03. The van der Waals surface area contributed by atoms with E-state index >= 15 is 0 Å². The summed E-state index contributed by atoms with van der Waals surface area (Å²) in [7, 11) is -2.68. The highest BCUT2D eigenvalue weighted by Gasteiger charge is 2.33. The number of carbonyl (C=O) groups excluding carboxylic acids is 2. The third-order valence-electron chi connectivity index (χ3n) is 5.41. The summed E-state index contributed by atoms with van der Waals surface area (Å²) in [4.78, 5) is 27.4. The van der Waals surface area contributed by atoms with Crippen molar-refractivity contribution >= 4 is 50.7 Å². The van der Waals surface area contributed by atoms with Crippen LogP contribution < -0.4 is 9.62 Å². The molecule has 0 fully saturated rings. The molecule has 0 saturated carbocycles. The SMILES string of the molecule is CNC(=O)[C@H](C)N(Cc1ccc(Cl)cc1)C(=O)CN(c1ccccc1Cl)S(=O)(=O)c1ccccc1. The third-order valence-corrected chi connectivity index (χ3v) is 7.76. The molecular weight excluding hydrogens is 509 g/mol. The minimum absolute atomic E-state index is 0.0105. The molecule has 0 aliphatic rings. The van der Waals surface area contributed by atoms with Gasteiger partial charge in [0.1, 0.15) is 12.6 Å². The van der Waals surface area contributed by atoms with Gasteiger partial charge in [-0.15, -0.1) is 0 Å². The maximum absolute atomic E-state index is 13.6. The lowest BCUT2D eigenvalue weighted by atomic mass is 10.1. The quantitative estimate of drug-likeness (QED) is 0.442. The van der Waals surface area contributed by atoms with Crippen molar-refractivity contribution in [1.29, 1.82) is 0 Å². The zero-order valence-corrected chi connectivity index (χ0v) is 21.5. The summed E-state index contributed by atoms with van der Waals surface area (Å²) in [5, 5.41) is 3.24. The van der Waals surface area contributed by atoms with Gasteiger partial charge in [0, 0.05) is 18.6 Å². The van der Waals surface area contributed by atoms with Crippen molar-refractivity contribution < 1.29 is 18.0 Å². The normalized spacial score (nSPS) is 12.0. The van der Waals surface area contributed by atoms with Crippen molar-refractivity contribution in [2.24, 2.45) is 0 Å². The molecule has 3 aromatic carbocycles. The molecule has 184 valence electrons. The van der Waals surface area contributed by atoms with Crippen molar-refractivity contribution in [1.82, 2.24) is 10.2 Å². The van der Waals surface area contributed by atoms with Crippen molar-refractivity contribution in [3.05, 3.63) is 94.5 Å². The Bertz CT molecular complexity index is 1290. The Hall–Kier alpha value is -3.07. The van der Waals surface area contributed by atoms with E-state index < -0.39 is 28.5 Å². The lowest BCUT2D eigenvalue weighted by molar-refractivity contribution is -0.139. The van der Waals surface area contributed by atoms with Gasteiger partial charge in [-0.3, -0.25) is 13.9 Å². The van der Waals surface area contributed by atoms with Crippen LogP contribution in [0.2, 0.25) is 10.0 Å². The molecule has 10 heteroatoms. The number of nitrogens with zero attached hydrogens (tertiary/aromatic N) is 2. The first-order valence-electron chi connectivity index (χ1n) is 10.7. The smallest absolute Gasteiger partial charge is 0.264 e. The molecule has 2 amide bonds. The predicted octanol–water partition coefficient (Wildman–Crippen LogP) is 4.35. The summed E-state index contributed by atoms with van der Waals surface area (Å²) in [5.41, 5.74) is 0.888. The maximum atomic E-state index is 13.6. The van der Waals surface area contributed by atoms with Gasteiger partial charge in [-0.05, 0) is 48.9 Å². The Morgan fingerprint density at radius 1 is 0.914 bits per heavy atom. The van der Waals surface area contributed by atoms with Crippen LogP contribution in [0.4, 0.5) is 5.69 Å². The highest BCUT2D eigenvalue weighted by atomic mass is 35.5. The molecule has 35 heavy (non-hydrogen) atoms. The number of para-hydroxylation sites is 1. The minimum atomic E-state index is -4.15. The molecule has 0 bridgehead atoms. The molecule has 0 radical (unpaired) electrons. The summed E-state index contributed by atoms with van der Waals surface area (Å²) in [6, 6.07) is 20.1. The van der Waals surface area contributed by atoms with Crippen LogP contribution in [0, 0.1) is 0 Å².